The number of imidazole rings is 1. The highest BCUT2D eigenvalue weighted by atomic mass is 35.5. The number of ether oxygens (including phenoxy) is 1. The van der Waals surface area contributed by atoms with Crippen molar-refractivity contribution in [3.05, 3.63) is 58.9 Å². The first kappa shape index (κ1) is 16.6. The Bertz CT molecular complexity index is 857. The Balaban J connectivity index is 1.85. The lowest BCUT2D eigenvalue weighted by Crippen LogP contribution is -2.18. The van der Waals surface area contributed by atoms with Gasteiger partial charge in [-0.05, 0) is 37.3 Å². The molecule has 7 heteroatoms. The van der Waals surface area contributed by atoms with Gasteiger partial charge in [-0.25, -0.2) is 4.98 Å². The molecule has 0 fully saturated rings. The van der Waals surface area contributed by atoms with Crippen LogP contribution in [-0.2, 0) is 12.7 Å². The summed E-state index contributed by atoms with van der Waals surface area (Å²) in [6, 6.07) is 11.8. The molecule has 1 aromatic heterocycles. The van der Waals surface area contributed by atoms with Crippen LogP contribution in [-0.4, -0.2) is 16.2 Å². The van der Waals surface area contributed by atoms with E-state index < -0.39 is 12.0 Å². The second-order valence-corrected chi connectivity index (χ2v) is 5.82. The summed E-state index contributed by atoms with van der Waals surface area (Å²) in [6.45, 7) is 2.07. The summed E-state index contributed by atoms with van der Waals surface area (Å²) in [6.07, 6.45) is -4.55. The quantitative estimate of drug-likeness (QED) is 0.652. The first-order valence-corrected chi connectivity index (χ1v) is 7.65. The summed E-state index contributed by atoms with van der Waals surface area (Å²) >= 11 is 5.84. The zero-order chi connectivity index (χ0) is 17.3. The maximum atomic E-state index is 13.2. The fourth-order valence-electron chi connectivity index (χ4n) is 2.43. The maximum absolute atomic E-state index is 13.2. The van der Waals surface area contributed by atoms with Gasteiger partial charge in [-0.15, -0.1) is 0 Å². The first-order chi connectivity index (χ1) is 11.3. The van der Waals surface area contributed by atoms with Gasteiger partial charge < -0.3 is 9.30 Å². The average Bonchev–Trinajstić information content (AvgIpc) is 2.87. The number of benzene rings is 2. The van der Waals surface area contributed by atoms with Crippen LogP contribution in [0.1, 0.15) is 11.4 Å². The van der Waals surface area contributed by atoms with Crippen molar-refractivity contribution in [2.45, 2.75) is 19.6 Å². The Morgan fingerprint density at radius 3 is 2.50 bits per heavy atom. The van der Waals surface area contributed by atoms with Crippen molar-refractivity contribution in [1.29, 1.82) is 0 Å². The lowest BCUT2D eigenvalue weighted by Gasteiger charge is -2.12. The lowest BCUT2D eigenvalue weighted by atomic mass is 10.2. The van der Waals surface area contributed by atoms with E-state index in [-0.39, 0.29) is 18.7 Å². The number of halogens is 4. The molecule has 3 aromatic rings. The predicted octanol–water partition coefficient (Wildman–Crippen LogP) is 5.10. The van der Waals surface area contributed by atoms with Crippen molar-refractivity contribution in [3.8, 4) is 5.75 Å². The molecule has 0 aliphatic rings. The number of aromatic nitrogens is 2. The van der Waals surface area contributed by atoms with E-state index in [2.05, 4.69) is 4.98 Å². The van der Waals surface area contributed by atoms with Crippen LogP contribution in [0.3, 0.4) is 0 Å². The summed E-state index contributed by atoms with van der Waals surface area (Å²) in [5.41, 5.74) is 1.67. The van der Waals surface area contributed by atoms with Crippen LogP contribution in [0, 0.1) is 6.92 Å². The Kier molecular flexibility index (Phi) is 4.41. The first-order valence-electron chi connectivity index (χ1n) is 7.27. The standard InChI is InChI=1S/C17H14ClF3N2O/c1-11-2-5-13(6-3-11)24-9-8-23-15-7-4-12(18)10-14(15)22-16(23)17(19,20)21/h2-7,10H,8-9H2,1H3. The Morgan fingerprint density at radius 2 is 1.83 bits per heavy atom. The molecule has 0 amide bonds. The van der Waals surface area contributed by atoms with Gasteiger partial charge in [0.05, 0.1) is 17.6 Å². The molecule has 1 heterocycles. The van der Waals surface area contributed by atoms with Crippen molar-refractivity contribution < 1.29 is 17.9 Å². The van der Waals surface area contributed by atoms with E-state index in [1.165, 1.54) is 12.1 Å². The molecule has 0 radical (unpaired) electrons. The monoisotopic (exact) mass is 354 g/mol. The molecule has 126 valence electrons. The minimum Gasteiger partial charge on any atom is -0.492 e. The molecule has 3 nitrogen and oxygen atoms in total. The fraction of sp³-hybridized carbons (Fsp3) is 0.235. The molecule has 0 spiro atoms. The second-order valence-electron chi connectivity index (χ2n) is 5.38. The van der Waals surface area contributed by atoms with Crippen LogP contribution in [0.5, 0.6) is 5.75 Å². The van der Waals surface area contributed by atoms with E-state index in [1.807, 2.05) is 19.1 Å². The van der Waals surface area contributed by atoms with Gasteiger partial charge in [0.25, 0.3) is 0 Å². The average molecular weight is 355 g/mol. The SMILES string of the molecule is Cc1ccc(OCCn2c(C(F)(F)F)nc3cc(Cl)ccc32)cc1. The van der Waals surface area contributed by atoms with Crippen molar-refractivity contribution in [2.75, 3.05) is 6.61 Å². The Hall–Kier alpha value is -2.21. The molecular weight excluding hydrogens is 341 g/mol. The smallest absolute Gasteiger partial charge is 0.449 e. The predicted molar refractivity (Wildman–Crippen MR) is 86.4 cm³/mol. The van der Waals surface area contributed by atoms with E-state index in [1.54, 1.807) is 18.2 Å². The van der Waals surface area contributed by atoms with Crippen molar-refractivity contribution >= 4 is 22.6 Å². The van der Waals surface area contributed by atoms with Crippen LogP contribution < -0.4 is 4.74 Å². The number of hydrogen-bond acceptors (Lipinski definition) is 2. The largest absolute Gasteiger partial charge is 0.492 e. The van der Waals surface area contributed by atoms with Gasteiger partial charge in [-0.1, -0.05) is 29.3 Å². The van der Waals surface area contributed by atoms with Crippen molar-refractivity contribution in [2.24, 2.45) is 0 Å². The molecule has 0 bridgehead atoms. The van der Waals surface area contributed by atoms with Crippen LogP contribution in [0.4, 0.5) is 13.2 Å². The molecule has 0 saturated heterocycles. The Labute approximate surface area is 141 Å². The molecular formula is C17H14ClF3N2O. The number of alkyl halides is 3. The van der Waals surface area contributed by atoms with Gasteiger partial charge in [0.1, 0.15) is 12.4 Å². The summed E-state index contributed by atoms with van der Waals surface area (Å²) < 4.78 is 46.3. The molecule has 0 aliphatic heterocycles. The van der Waals surface area contributed by atoms with Crippen LogP contribution in [0.15, 0.2) is 42.5 Å². The third kappa shape index (κ3) is 3.48. The summed E-state index contributed by atoms with van der Waals surface area (Å²) in [7, 11) is 0. The normalized spacial score (nSPS) is 11.9. The zero-order valence-electron chi connectivity index (χ0n) is 12.8. The second kappa shape index (κ2) is 6.36. The number of hydrogen-bond donors (Lipinski definition) is 0. The molecule has 0 N–H and O–H groups in total. The minimum atomic E-state index is -4.55. The molecule has 2 aromatic carbocycles. The van der Waals surface area contributed by atoms with Gasteiger partial charge in [0.15, 0.2) is 0 Å². The zero-order valence-corrected chi connectivity index (χ0v) is 13.5. The van der Waals surface area contributed by atoms with Crippen molar-refractivity contribution in [1.82, 2.24) is 9.55 Å². The van der Waals surface area contributed by atoms with Gasteiger partial charge in [0, 0.05) is 5.02 Å². The highest BCUT2D eigenvalue weighted by Crippen LogP contribution is 2.32. The number of fused-ring (bicyclic) bond motifs is 1. The molecule has 0 unspecified atom stereocenters. The van der Waals surface area contributed by atoms with Crippen LogP contribution in [0.2, 0.25) is 5.02 Å². The molecule has 3 rings (SSSR count). The van der Waals surface area contributed by atoms with E-state index in [0.29, 0.717) is 16.3 Å². The van der Waals surface area contributed by atoms with Crippen LogP contribution >= 0.6 is 11.6 Å². The molecule has 24 heavy (non-hydrogen) atoms. The third-order valence-corrected chi connectivity index (χ3v) is 3.80. The van der Waals surface area contributed by atoms with Gasteiger partial charge in [-0.3, -0.25) is 0 Å². The summed E-state index contributed by atoms with van der Waals surface area (Å²) in [5.74, 6) is -0.339. The maximum Gasteiger partial charge on any atom is 0.449 e. The number of nitrogens with zero attached hydrogens (tertiary/aromatic N) is 2. The fourth-order valence-corrected chi connectivity index (χ4v) is 2.60. The third-order valence-electron chi connectivity index (χ3n) is 3.57. The van der Waals surface area contributed by atoms with Crippen molar-refractivity contribution in [3.63, 3.8) is 0 Å². The number of aryl methyl sites for hydroxylation is 1. The topological polar surface area (TPSA) is 27.1 Å². The van der Waals surface area contributed by atoms with Gasteiger partial charge in [0.2, 0.25) is 5.82 Å². The molecule has 0 saturated carbocycles. The highest BCUT2D eigenvalue weighted by Gasteiger charge is 2.37. The van der Waals surface area contributed by atoms with Crippen LogP contribution in [0.25, 0.3) is 11.0 Å². The van der Waals surface area contributed by atoms with E-state index in [9.17, 15) is 13.2 Å². The molecule has 0 atom stereocenters. The molecule has 0 aliphatic carbocycles. The number of rotatable bonds is 4. The van der Waals surface area contributed by atoms with E-state index in [4.69, 9.17) is 16.3 Å². The van der Waals surface area contributed by atoms with E-state index >= 15 is 0 Å². The Morgan fingerprint density at radius 1 is 1.12 bits per heavy atom. The van der Waals surface area contributed by atoms with Gasteiger partial charge >= 0.3 is 6.18 Å². The summed E-state index contributed by atoms with van der Waals surface area (Å²) in [5, 5.41) is 0.344. The lowest BCUT2D eigenvalue weighted by molar-refractivity contribution is -0.147. The highest BCUT2D eigenvalue weighted by molar-refractivity contribution is 6.31. The van der Waals surface area contributed by atoms with E-state index in [0.717, 1.165) is 10.1 Å². The minimum absolute atomic E-state index is 0.0286. The summed E-state index contributed by atoms with van der Waals surface area (Å²) in [4.78, 5) is 3.68. The van der Waals surface area contributed by atoms with Gasteiger partial charge in [-0.2, -0.15) is 13.2 Å².